The molecule has 0 saturated heterocycles. The molecule has 0 aliphatic carbocycles. The molecule has 0 bridgehead atoms. The third kappa shape index (κ3) is 4.81. The minimum absolute atomic E-state index is 0.374. The molecule has 0 atom stereocenters. The first kappa shape index (κ1) is 18.4. The van der Waals surface area contributed by atoms with Crippen LogP contribution in [0.1, 0.15) is 11.1 Å². The minimum atomic E-state index is 0.374. The van der Waals surface area contributed by atoms with Crippen molar-refractivity contribution in [2.45, 2.75) is 13.2 Å². The van der Waals surface area contributed by atoms with Gasteiger partial charge in [-0.25, -0.2) is 4.98 Å². The lowest BCUT2D eigenvalue weighted by molar-refractivity contribution is 0.284. The summed E-state index contributed by atoms with van der Waals surface area (Å²) in [6.07, 6.45) is 1.75. The molecular weight excluding hydrogens is 371 g/mol. The number of benzene rings is 2. The highest BCUT2D eigenvalue weighted by atomic mass is 35.5. The maximum absolute atomic E-state index is 6.04. The molecule has 0 aliphatic rings. The quantitative estimate of drug-likeness (QED) is 0.572. The first-order valence-corrected chi connectivity index (χ1v) is 8.80. The van der Waals surface area contributed by atoms with Crippen LogP contribution in [0.2, 0.25) is 10.0 Å². The van der Waals surface area contributed by atoms with E-state index in [1.165, 1.54) is 0 Å². The number of nitrogens with one attached hydrogen (secondary N) is 1. The highest BCUT2D eigenvalue weighted by Gasteiger charge is 2.07. The SMILES string of the molecule is COc1cc(CNc2ccccn2)ccc1OCc1ccc(Cl)c(Cl)c1. The molecule has 0 aliphatic heterocycles. The maximum atomic E-state index is 6.04. The van der Waals surface area contributed by atoms with Crippen molar-refractivity contribution in [3.8, 4) is 11.5 Å². The lowest BCUT2D eigenvalue weighted by Crippen LogP contribution is -2.02. The summed E-state index contributed by atoms with van der Waals surface area (Å²) in [5.74, 6) is 2.16. The molecule has 4 nitrogen and oxygen atoms in total. The first-order chi connectivity index (χ1) is 12.7. The topological polar surface area (TPSA) is 43.4 Å². The zero-order valence-corrected chi connectivity index (χ0v) is 15.7. The summed E-state index contributed by atoms with van der Waals surface area (Å²) < 4.78 is 11.3. The van der Waals surface area contributed by atoms with E-state index in [-0.39, 0.29) is 0 Å². The van der Waals surface area contributed by atoms with Gasteiger partial charge in [0.2, 0.25) is 0 Å². The molecule has 6 heteroatoms. The van der Waals surface area contributed by atoms with E-state index in [9.17, 15) is 0 Å². The molecule has 0 spiro atoms. The number of anilines is 1. The van der Waals surface area contributed by atoms with Gasteiger partial charge in [-0.15, -0.1) is 0 Å². The fourth-order valence-electron chi connectivity index (χ4n) is 2.39. The van der Waals surface area contributed by atoms with E-state index in [0.717, 1.165) is 16.9 Å². The molecule has 26 heavy (non-hydrogen) atoms. The molecule has 1 heterocycles. The summed E-state index contributed by atoms with van der Waals surface area (Å²) in [5, 5.41) is 4.30. The van der Waals surface area contributed by atoms with E-state index in [4.69, 9.17) is 32.7 Å². The van der Waals surface area contributed by atoms with Crippen LogP contribution in [0.3, 0.4) is 0 Å². The van der Waals surface area contributed by atoms with Crippen molar-refractivity contribution in [2.24, 2.45) is 0 Å². The number of pyridine rings is 1. The van der Waals surface area contributed by atoms with Gasteiger partial charge in [0.25, 0.3) is 0 Å². The van der Waals surface area contributed by atoms with Crippen molar-refractivity contribution < 1.29 is 9.47 Å². The van der Waals surface area contributed by atoms with Crippen molar-refractivity contribution in [1.29, 1.82) is 0 Å². The van der Waals surface area contributed by atoms with Gasteiger partial charge < -0.3 is 14.8 Å². The van der Waals surface area contributed by atoms with Crippen LogP contribution in [0.15, 0.2) is 60.8 Å². The van der Waals surface area contributed by atoms with Crippen LogP contribution in [0, 0.1) is 0 Å². The van der Waals surface area contributed by atoms with Crippen molar-refractivity contribution in [2.75, 3.05) is 12.4 Å². The van der Waals surface area contributed by atoms with E-state index in [1.54, 1.807) is 25.4 Å². The van der Waals surface area contributed by atoms with Crippen LogP contribution < -0.4 is 14.8 Å². The Morgan fingerprint density at radius 1 is 0.923 bits per heavy atom. The van der Waals surface area contributed by atoms with Crippen molar-refractivity contribution in [1.82, 2.24) is 4.98 Å². The van der Waals surface area contributed by atoms with E-state index >= 15 is 0 Å². The molecule has 3 aromatic rings. The van der Waals surface area contributed by atoms with E-state index in [2.05, 4.69) is 10.3 Å². The number of hydrogen-bond donors (Lipinski definition) is 1. The van der Waals surface area contributed by atoms with Gasteiger partial charge >= 0.3 is 0 Å². The first-order valence-electron chi connectivity index (χ1n) is 8.04. The zero-order valence-electron chi connectivity index (χ0n) is 14.2. The fourth-order valence-corrected chi connectivity index (χ4v) is 2.71. The molecule has 0 saturated carbocycles. The maximum Gasteiger partial charge on any atom is 0.161 e. The number of methoxy groups -OCH3 is 1. The number of halogens is 2. The van der Waals surface area contributed by atoms with Gasteiger partial charge in [0.15, 0.2) is 11.5 Å². The van der Waals surface area contributed by atoms with Gasteiger partial charge in [-0.1, -0.05) is 41.4 Å². The van der Waals surface area contributed by atoms with Gasteiger partial charge in [-0.3, -0.25) is 0 Å². The average molecular weight is 389 g/mol. The summed E-state index contributed by atoms with van der Waals surface area (Å²) in [4.78, 5) is 4.24. The number of rotatable bonds is 7. The van der Waals surface area contributed by atoms with Crippen LogP contribution in [-0.4, -0.2) is 12.1 Å². The van der Waals surface area contributed by atoms with Crippen LogP contribution in [0.5, 0.6) is 11.5 Å². The highest BCUT2D eigenvalue weighted by Crippen LogP contribution is 2.30. The Balaban J connectivity index is 1.65. The Labute approximate surface area is 162 Å². The Hall–Kier alpha value is -2.43. The van der Waals surface area contributed by atoms with Crippen LogP contribution >= 0.6 is 23.2 Å². The van der Waals surface area contributed by atoms with Crippen LogP contribution in [-0.2, 0) is 13.2 Å². The molecule has 1 aromatic heterocycles. The summed E-state index contributed by atoms with van der Waals surface area (Å²) in [6, 6.07) is 17.0. The second kappa shape index (κ2) is 8.79. The molecule has 0 amide bonds. The average Bonchev–Trinajstić information content (AvgIpc) is 2.68. The fraction of sp³-hybridized carbons (Fsp3) is 0.150. The third-order valence-electron chi connectivity index (χ3n) is 3.74. The molecule has 0 fully saturated rings. The summed E-state index contributed by atoms with van der Waals surface area (Å²) >= 11 is 12.0. The molecular formula is C20H18Cl2N2O2. The smallest absolute Gasteiger partial charge is 0.161 e. The zero-order chi connectivity index (χ0) is 18.4. The summed E-state index contributed by atoms with van der Waals surface area (Å²) in [5.41, 5.74) is 2.00. The number of nitrogens with zero attached hydrogens (tertiary/aromatic N) is 1. The number of aromatic nitrogens is 1. The van der Waals surface area contributed by atoms with Crippen LogP contribution in [0.25, 0.3) is 0 Å². The molecule has 134 valence electrons. The lowest BCUT2D eigenvalue weighted by Gasteiger charge is -2.13. The highest BCUT2D eigenvalue weighted by molar-refractivity contribution is 6.42. The van der Waals surface area contributed by atoms with Gasteiger partial charge in [0, 0.05) is 12.7 Å². The van der Waals surface area contributed by atoms with Gasteiger partial charge in [0.05, 0.1) is 17.2 Å². The Kier molecular flexibility index (Phi) is 6.21. The third-order valence-corrected chi connectivity index (χ3v) is 4.48. The molecule has 0 unspecified atom stereocenters. The summed E-state index contributed by atoms with van der Waals surface area (Å²) in [7, 11) is 1.62. The Morgan fingerprint density at radius 2 is 1.77 bits per heavy atom. The van der Waals surface area contributed by atoms with E-state index in [1.807, 2.05) is 42.5 Å². The minimum Gasteiger partial charge on any atom is -0.493 e. The van der Waals surface area contributed by atoms with Crippen molar-refractivity contribution in [3.63, 3.8) is 0 Å². The predicted octanol–water partition coefficient (Wildman–Crippen LogP) is 5.59. The number of ether oxygens (including phenoxy) is 2. The predicted molar refractivity (Wildman–Crippen MR) is 105 cm³/mol. The second-order valence-corrected chi connectivity index (χ2v) is 6.41. The Bertz CT molecular complexity index is 873. The van der Waals surface area contributed by atoms with Gasteiger partial charge in [-0.2, -0.15) is 0 Å². The largest absolute Gasteiger partial charge is 0.493 e. The van der Waals surface area contributed by atoms with Gasteiger partial charge in [-0.05, 0) is 47.5 Å². The monoisotopic (exact) mass is 388 g/mol. The number of hydrogen-bond acceptors (Lipinski definition) is 4. The van der Waals surface area contributed by atoms with Crippen molar-refractivity contribution >= 4 is 29.0 Å². The van der Waals surface area contributed by atoms with E-state index in [0.29, 0.717) is 34.7 Å². The second-order valence-electron chi connectivity index (χ2n) is 5.59. The molecule has 2 aromatic carbocycles. The normalized spacial score (nSPS) is 10.4. The van der Waals surface area contributed by atoms with Gasteiger partial charge in [0.1, 0.15) is 12.4 Å². The molecule has 3 rings (SSSR count). The Morgan fingerprint density at radius 3 is 2.50 bits per heavy atom. The van der Waals surface area contributed by atoms with Crippen LogP contribution in [0.4, 0.5) is 5.82 Å². The lowest BCUT2D eigenvalue weighted by atomic mass is 10.2. The standard InChI is InChI=1S/C20H18Cl2N2O2/c1-25-19-11-14(12-24-20-4-2-3-9-23-20)6-8-18(19)26-13-15-5-7-16(21)17(22)10-15/h2-11H,12-13H2,1H3,(H,23,24). The van der Waals surface area contributed by atoms with E-state index < -0.39 is 0 Å². The molecule has 0 radical (unpaired) electrons. The summed E-state index contributed by atoms with van der Waals surface area (Å²) in [6.45, 7) is 1.01. The molecule has 1 N–H and O–H groups in total. The van der Waals surface area contributed by atoms with Crippen molar-refractivity contribution in [3.05, 3.63) is 82.0 Å².